The number of halogens is 2. The predicted octanol–water partition coefficient (Wildman–Crippen LogP) is 5.29. The number of ether oxygens (including phenoxy) is 2. The Morgan fingerprint density at radius 3 is 2.69 bits per heavy atom. The highest BCUT2D eigenvalue weighted by Crippen LogP contribution is 2.44. The van der Waals surface area contributed by atoms with E-state index >= 15 is 0 Å². The fourth-order valence-corrected chi connectivity index (χ4v) is 4.68. The number of methoxy groups -OCH3 is 2. The van der Waals surface area contributed by atoms with E-state index in [1.54, 1.807) is 31.0 Å². The van der Waals surface area contributed by atoms with Gasteiger partial charge in [-0.2, -0.15) is 4.98 Å². The number of aromatic nitrogens is 3. The number of nitrogens with one attached hydrogen (secondary N) is 1. The van der Waals surface area contributed by atoms with Gasteiger partial charge < -0.3 is 14.8 Å². The van der Waals surface area contributed by atoms with Gasteiger partial charge in [-0.25, -0.2) is 4.68 Å². The van der Waals surface area contributed by atoms with Crippen molar-refractivity contribution < 1.29 is 14.3 Å². The lowest BCUT2D eigenvalue weighted by atomic mass is 9.85. The molecule has 0 saturated heterocycles. The largest absolute Gasteiger partial charge is 0.493 e. The summed E-state index contributed by atoms with van der Waals surface area (Å²) in [5.74, 6) is 2.30. The van der Waals surface area contributed by atoms with Crippen molar-refractivity contribution in [1.29, 1.82) is 0 Å². The van der Waals surface area contributed by atoms with Crippen LogP contribution < -0.4 is 14.8 Å². The third kappa shape index (κ3) is 3.32. The number of anilines is 1. The fraction of sp³-hybridized carbons (Fsp3) is 0.261. The molecule has 5 rings (SSSR count). The van der Waals surface area contributed by atoms with E-state index in [0.29, 0.717) is 50.9 Å². The minimum absolute atomic E-state index is 0.0774. The Morgan fingerprint density at radius 2 is 1.91 bits per heavy atom. The zero-order chi connectivity index (χ0) is 22.4. The second-order valence-corrected chi connectivity index (χ2v) is 8.40. The lowest BCUT2D eigenvalue weighted by Gasteiger charge is -2.32. The molecule has 0 saturated carbocycles. The van der Waals surface area contributed by atoms with Crippen LogP contribution in [0.15, 0.2) is 47.7 Å². The normalized spacial score (nSPS) is 17.5. The summed E-state index contributed by atoms with van der Waals surface area (Å²) in [6.45, 7) is 0. The Morgan fingerprint density at radius 1 is 1.09 bits per heavy atom. The molecular weight excluding hydrogens is 451 g/mol. The third-order valence-electron chi connectivity index (χ3n) is 5.79. The zero-order valence-electron chi connectivity index (χ0n) is 17.5. The first-order chi connectivity index (χ1) is 15.5. The highest BCUT2D eigenvalue weighted by molar-refractivity contribution is 6.42. The van der Waals surface area contributed by atoms with Gasteiger partial charge in [-0.05, 0) is 37.1 Å². The van der Waals surface area contributed by atoms with Crippen molar-refractivity contribution >= 4 is 34.9 Å². The van der Waals surface area contributed by atoms with E-state index in [0.717, 1.165) is 24.1 Å². The van der Waals surface area contributed by atoms with Gasteiger partial charge in [-0.1, -0.05) is 35.3 Å². The molecule has 1 N–H and O–H groups in total. The highest BCUT2D eigenvalue weighted by atomic mass is 35.5. The predicted molar refractivity (Wildman–Crippen MR) is 123 cm³/mol. The topological polar surface area (TPSA) is 78.3 Å². The third-order valence-corrected chi connectivity index (χ3v) is 6.62. The van der Waals surface area contributed by atoms with Gasteiger partial charge in [0, 0.05) is 28.8 Å². The van der Waals surface area contributed by atoms with Crippen LogP contribution in [0.5, 0.6) is 11.5 Å². The summed E-state index contributed by atoms with van der Waals surface area (Å²) in [7, 11) is 3.16. The van der Waals surface area contributed by atoms with Crippen LogP contribution in [0.2, 0.25) is 10.0 Å². The smallest absolute Gasteiger partial charge is 0.226 e. The summed E-state index contributed by atoms with van der Waals surface area (Å²) in [4.78, 5) is 17.7. The van der Waals surface area contributed by atoms with E-state index < -0.39 is 6.04 Å². The number of fused-ring (bicyclic) bond motifs is 1. The van der Waals surface area contributed by atoms with Gasteiger partial charge in [-0.15, -0.1) is 5.10 Å². The number of hydrogen-bond donors (Lipinski definition) is 1. The number of hydrogen-bond acceptors (Lipinski definition) is 6. The molecule has 0 bridgehead atoms. The SMILES string of the molecule is COc1ccc(-c2nc3n(n2)C(c2cccc(Cl)c2Cl)C2=C(CCCC2=O)N3)cc1OC. The quantitative estimate of drug-likeness (QED) is 0.557. The maximum absolute atomic E-state index is 13.0. The Balaban J connectivity index is 1.68. The van der Waals surface area contributed by atoms with E-state index in [1.807, 2.05) is 24.3 Å². The number of Topliss-reactive ketones (excluding diaryl/α,β-unsaturated/α-hetero) is 1. The van der Waals surface area contributed by atoms with Gasteiger partial charge in [0.15, 0.2) is 23.1 Å². The van der Waals surface area contributed by atoms with Crippen molar-refractivity contribution in [3.8, 4) is 22.9 Å². The Labute approximate surface area is 195 Å². The number of ketones is 1. The standard InChI is InChI=1S/C23H20Cl2N4O3/c1-31-17-10-9-12(11-18(17)32-2)22-27-23-26-15-7-4-8-16(30)19(15)21(29(23)28-22)13-5-3-6-14(24)20(13)25/h3,5-6,9-11,21H,4,7-8H2,1-2H3,(H,26,27,28). The van der Waals surface area contributed by atoms with Crippen molar-refractivity contribution in [2.45, 2.75) is 25.3 Å². The monoisotopic (exact) mass is 470 g/mol. The molecule has 1 aliphatic heterocycles. The maximum Gasteiger partial charge on any atom is 0.226 e. The molecule has 32 heavy (non-hydrogen) atoms. The van der Waals surface area contributed by atoms with Gasteiger partial charge in [0.2, 0.25) is 5.95 Å². The Kier molecular flexibility index (Phi) is 5.31. The molecule has 164 valence electrons. The minimum Gasteiger partial charge on any atom is -0.493 e. The summed E-state index contributed by atoms with van der Waals surface area (Å²) in [5.41, 5.74) is 3.00. The zero-order valence-corrected chi connectivity index (χ0v) is 19.0. The number of nitrogens with zero attached hydrogens (tertiary/aromatic N) is 3. The number of rotatable bonds is 4. The molecule has 0 radical (unpaired) electrons. The van der Waals surface area contributed by atoms with Crippen LogP contribution in [0.25, 0.3) is 11.4 Å². The number of allylic oxidation sites excluding steroid dienone is 2. The molecule has 7 nitrogen and oxygen atoms in total. The molecule has 2 aromatic carbocycles. The maximum atomic E-state index is 13.0. The van der Waals surface area contributed by atoms with E-state index in [4.69, 9.17) is 42.8 Å². The van der Waals surface area contributed by atoms with Gasteiger partial charge >= 0.3 is 0 Å². The molecule has 2 aliphatic rings. The molecule has 1 unspecified atom stereocenters. The summed E-state index contributed by atoms with van der Waals surface area (Å²) >= 11 is 12.9. The van der Waals surface area contributed by atoms with E-state index in [-0.39, 0.29) is 5.78 Å². The first-order valence-electron chi connectivity index (χ1n) is 10.2. The lowest BCUT2D eigenvalue weighted by molar-refractivity contribution is -0.116. The first-order valence-corrected chi connectivity index (χ1v) is 10.9. The summed E-state index contributed by atoms with van der Waals surface area (Å²) < 4.78 is 12.5. The molecule has 3 aromatic rings. The van der Waals surface area contributed by atoms with Crippen LogP contribution in [0.4, 0.5) is 5.95 Å². The lowest BCUT2D eigenvalue weighted by Crippen LogP contribution is -2.31. The van der Waals surface area contributed by atoms with Crippen LogP contribution in [0.3, 0.4) is 0 Å². The Hall–Kier alpha value is -3.03. The Bertz CT molecular complexity index is 1270. The van der Waals surface area contributed by atoms with E-state index in [9.17, 15) is 4.79 Å². The van der Waals surface area contributed by atoms with Crippen LogP contribution in [0, 0.1) is 0 Å². The fourth-order valence-electron chi connectivity index (χ4n) is 4.27. The van der Waals surface area contributed by atoms with E-state index in [1.165, 1.54) is 0 Å². The first kappa shape index (κ1) is 20.8. The summed E-state index contributed by atoms with van der Waals surface area (Å²) in [6.07, 6.45) is 2.04. The minimum atomic E-state index is -0.512. The molecule has 2 heterocycles. The van der Waals surface area contributed by atoms with Crippen molar-refractivity contribution in [3.05, 3.63) is 63.3 Å². The average molecular weight is 471 g/mol. The van der Waals surface area contributed by atoms with Crippen molar-refractivity contribution in [3.63, 3.8) is 0 Å². The highest BCUT2D eigenvalue weighted by Gasteiger charge is 2.38. The number of carbonyl (C=O) groups excluding carboxylic acids is 1. The van der Waals surface area contributed by atoms with Gasteiger partial charge in [0.05, 0.1) is 24.3 Å². The van der Waals surface area contributed by atoms with Crippen LogP contribution >= 0.6 is 23.2 Å². The van der Waals surface area contributed by atoms with Gasteiger partial charge in [-0.3, -0.25) is 4.79 Å². The number of benzene rings is 2. The van der Waals surface area contributed by atoms with Crippen LogP contribution in [-0.2, 0) is 4.79 Å². The van der Waals surface area contributed by atoms with Gasteiger partial charge in [0.1, 0.15) is 6.04 Å². The molecule has 0 amide bonds. The molecule has 1 atom stereocenters. The molecule has 9 heteroatoms. The molecular formula is C23H20Cl2N4O3. The second kappa shape index (κ2) is 8.15. The van der Waals surface area contributed by atoms with Crippen molar-refractivity contribution in [1.82, 2.24) is 14.8 Å². The molecule has 1 aromatic heterocycles. The average Bonchev–Trinajstić information content (AvgIpc) is 3.23. The second-order valence-electron chi connectivity index (χ2n) is 7.61. The van der Waals surface area contributed by atoms with Crippen LogP contribution in [-0.4, -0.2) is 34.8 Å². The molecule has 0 spiro atoms. The summed E-state index contributed by atoms with van der Waals surface area (Å²) in [6, 6.07) is 10.4. The van der Waals surface area contributed by atoms with Crippen molar-refractivity contribution in [2.24, 2.45) is 0 Å². The van der Waals surface area contributed by atoms with Crippen LogP contribution in [0.1, 0.15) is 30.9 Å². The molecule has 0 fully saturated rings. The number of carbonyl (C=O) groups is 1. The van der Waals surface area contributed by atoms with Crippen molar-refractivity contribution in [2.75, 3.05) is 19.5 Å². The summed E-state index contributed by atoms with van der Waals surface area (Å²) in [5, 5.41) is 8.91. The molecule has 1 aliphatic carbocycles. The van der Waals surface area contributed by atoms with Gasteiger partial charge in [0.25, 0.3) is 0 Å². The van der Waals surface area contributed by atoms with E-state index in [2.05, 4.69) is 5.32 Å².